The number of fused-ring (bicyclic) bond motifs is 1. The lowest BCUT2D eigenvalue weighted by Crippen LogP contribution is -2.39. The molecule has 1 aliphatic heterocycles. The number of ether oxygens (including phenoxy) is 1. The van der Waals surface area contributed by atoms with Crippen molar-refractivity contribution in [1.82, 2.24) is 9.13 Å². The normalized spacial score (nSPS) is 15.4. The molecule has 0 amide bonds. The number of aryl methyl sites for hydroxylation is 2. The number of aromatic nitrogens is 2. The number of nitrogens with zero attached hydrogens (tertiary/aromatic N) is 3. The Kier molecular flexibility index (Phi) is 7.42. The maximum atomic E-state index is 13.9. The highest BCUT2D eigenvalue weighted by atomic mass is 35.5. The largest absolute Gasteiger partial charge is 0.463 e. The number of carbonyl (C=O) groups is 1. The molecule has 39 heavy (non-hydrogen) atoms. The predicted octanol–water partition coefficient (Wildman–Crippen LogP) is 5.82. The number of rotatable bonds is 5. The van der Waals surface area contributed by atoms with Crippen LogP contribution in [0.15, 0.2) is 69.6 Å². The van der Waals surface area contributed by atoms with Crippen molar-refractivity contribution in [2.24, 2.45) is 4.99 Å². The van der Waals surface area contributed by atoms with Gasteiger partial charge in [0.1, 0.15) is 0 Å². The molecule has 1 unspecified atom stereocenters. The van der Waals surface area contributed by atoms with Crippen LogP contribution in [0.5, 0.6) is 0 Å². The summed E-state index contributed by atoms with van der Waals surface area (Å²) in [6, 6.07) is 14.7. The molecule has 1 aliphatic rings. The third-order valence-electron chi connectivity index (χ3n) is 6.83. The molecule has 0 saturated heterocycles. The lowest BCUT2D eigenvalue weighted by Gasteiger charge is -2.24. The summed E-state index contributed by atoms with van der Waals surface area (Å²) in [6.45, 7) is 9.77. The predicted molar refractivity (Wildman–Crippen MR) is 157 cm³/mol. The van der Waals surface area contributed by atoms with Gasteiger partial charge in [-0.3, -0.25) is 9.36 Å². The van der Waals surface area contributed by atoms with Gasteiger partial charge in [0.25, 0.3) is 5.56 Å². The number of hydrogen-bond donors (Lipinski definition) is 0. The van der Waals surface area contributed by atoms with Crippen LogP contribution in [0.1, 0.15) is 48.0 Å². The molecule has 9 heteroatoms. The first-order chi connectivity index (χ1) is 18.6. The van der Waals surface area contributed by atoms with E-state index in [-0.39, 0.29) is 12.2 Å². The van der Waals surface area contributed by atoms with E-state index in [0.29, 0.717) is 30.6 Å². The Labute approximate surface area is 240 Å². The van der Waals surface area contributed by atoms with Crippen LogP contribution in [-0.4, -0.2) is 21.7 Å². The standard InChI is InChI=1S/C30H27Cl2N3O3S/c1-6-38-29(37)26-18(4)33-30-35(27(26)20-9-7-16(2)8-10-20)28(36)25(39-30)14-21-13-17(3)34(19(21)5)22-11-12-23(31)24(32)15-22/h7-15,27H,6H2,1-5H3/b25-14-. The van der Waals surface area contributed by atoms with Crippen LogP contribution in [-0.2, 0) is 9.53 Å². The minimum Gasteiger partial charge on any atom is -0.463 e. The zero-order chi connectivity index (χ0) is 28.0. The number of halogens is 2. The summed E-state index contributed by atoms with van der Waals surface area (Å²) < 4.78 is 9.59. The first kappa shape index (κ1) is 27.2. The monoisotopic (exact) mass is 579 g/mol. The number of allylic oxidation sites excluding steroid dienone is 1. The Morgan fingerprint density at radius 2 is 1.77 bits per heavy atom. The molecule has 0 aliphatic carbocycles. The SMILES string of the molecule is CCOC(=O)C1=C(C)N=c2s/c(=C\c3cc(C)n(-c4ccc(Cl)c(Cl)c4)c3C)c(=O)n2C1c1ccc(C)cc1. The summed E-state index contributed by atoms with van der Waals surface area (Å²) in [7, 11) is 0. The molecule has 3 heterocycles. The fourth-order valence-corrected chi connectivity index (χ4v) is 6.28. The quantitative estimate of drug-likeness (QED) is 0.280. The second-order valence-electron chi connectivity index (χ2n) is 9.47. The molecule has 6 nitrogen and oxygen atoms in total. The van der Waals surface area contributed by atoms with Gasteiger partial charge in [0, 0.05) is 17.1 Å². The molecule has 0 fully saturated rings. The molecule has 0 N–H and O–H groups in total. The number of hydrogen-bond acceptors (Lipinski definition) is 5. The Bertz CT molecular complexity index is 1830. The average molecular weight is 581 g/mol. The van der Waals surface area contributed by atoms with Crippen molar-refractivity contribution in [2.75, 3.05) is 6.61 Å². The molecule has 0 spiro atoms. The highest BCUT2D eigenvalue weighted by Gasteiger charge is 2.33. The highest BCUT2D eigenvalue weighted by Crippen LogP contribution is 2.31. The number of esters is 1. The smallest absolute Gasteiger partial charge is 0.338 e. The maximum Gasteiger partial charge on any atom is 0.338 e. The Hall–Kier alpha value is -3.39. The van der Waals surface area contributed by atoms with Gasteiger partial charge in [-0.15, -0.1) is 0 Å². The lowest BCUT2D eigenvalue weighted by molar-refractivity contribution is -0.139. The lowest BCUT2D eigenvalue weighted by atomic mass is 9.95. The van der Waals surface area contributed by atoms with Gasteiger partial charge >= 0.3 is 5.97 Å². The van der Waals surface area contributed by atoms with Gasteiger partial charge < -0.3 is 9.30 Å². The van der Waals surface area contributed by atoms with Gasteiger partial charge in [-0.05, 0) is 76.1 Å². The van der Waals surface area contributed by atoms with Crippen LogP contribution in [0.3, 0.4) is 0 Å². The molecule has 4 aromatic rings. The summed E-state index contributed by atoms with van der Waals surface area (Å²) in [4.78, 5) is 32.2. The van der Waals surface area contributed by atoms with Crippen molar-refractivity contribution in [1.29, 1.82) is 0 Å². The fraction of sp³-hybridized carbons (Fsp3) is 0.233. The molecule has 2 aromatic heterocycles. The van der Waals surface area contributed by atoms with E-state index in [1.54, 1.807) is 24.5 Å². The van der Waals surface area contributed by atoms with Crippen molar-refractivity contribution >= 4 is 46.6 Å². The number of carbonyl (C=O) groups excluding carboxylic acids is 1. The highest BCUT2D eigenvalue weighted by molar-refractivity contribution is 7.07. The Balaban J connectivity index is 1.68. The molecule has 0 bridgehead atoms. The second-order valence-corrected chi connectivity index (χ2v) is 11.3. The minimum atomic E-state index is -0.633. The average Bonchev–Trinajstić information content (AvgIpc) is 3.35. The third-order valence-corrected chi connectivity index (χ3v) is 8.55. The summed E-state index contributed by atoms with van der Waals surface area (Å²) in [5.74, 6) is -0.469. The van der Waals surface area contributed by atoms with Gasteiger partial charge in [-0.2, -0.15) is 0 Å². The molecule has 0 saturated carbocycles. The van der Waals surface area contributed by atoms with Crippen LogP contribution in [0.25, 0.3) is 11.8 Å². The van der Waals surface area contributed by atoms with Crippen LogP contribution < -0.4 is 14.9 Å². The molecular formula is C30H27Cl2N3O3S. The second kappa shape index (κ2) is 10.6. The zero-order valence-electron chi connectivity index (χ0n) is 22.2. The van der Waals surface area contributed by atoms with Crippen molar-refractivity contribution in [3.05, 3.63) is 118 Å². The first-order valence-corrected chi connectivity index (χ1v) is 14.1. The van der Waals surface area contributed by atoms with Gasteiger partial charge in [0.05, 0.1) is 38.5 Å². The van der Waals surface area contributed by atoms with Gasteiger partial charge in [0.15, 0.2) is 4.80 Å². The summed E-state index contributed by atoms with van der Waals surface area (Å²) in [5.41, 5.74) is 6.34. The van der Waals surface area contributed by atoms with E-state index >= 15 is 0 Å². The van der Waals surface area contributed by atoms with E-state index < -0.39 is 12.0 Å². The van der Waals surface area contributed by atoms with Gasteiger partial charge in [-0.1, -0.05) is 64.4 Å². The Morgan fingerprint density at radius 3 is 2.44 bits per heavy atom. The Morgan fingerprint density at radius 1 is 1.05 bits per heavy atom. The summed E-state index contributed by atoms with van der Waals surface area (Å²) >= 11 is 13.7. The summed E-state index contributed by atoms with van der Waals surface area (Å²) in [5, 5.41) is 0.963. The van der Waals surface area contributed by atoms with Gasteiger partial charge in [0.2, 0.25) is 0 Å². The molecule has 200 valence electrons. The van der Waals surface area contributed by atoms with E-state index in [2.05, 4.69) is 9.56 Å². The van der Waals surface area contributed by atoms with Crippen molar-refractivity contribution in [3.8, 4) is 5.69 Å². The molecular weight excluding hydrogens is 553 g/mol. The van der Waals surface area contributed by atoms with Crippen LogP contribution >= 0.6 is 34.5 Å². The first-order valence-electron chi connectivity index (χ1n) is 12.5. The van der Waals surface area contributed by atoms with Crippen molar-refractivity contribution in [2.45, 2.75) is 40.7 Å². The van der Waals surface area contributed by atoms with Crippen LogP contribution in [0.2, 0.25) is 10.0 Å². The minimum absolute atomic E-state index is 0.210. The van der Waals surface area contributed by atoms with E-state index in [9.17, 15) is 9.59 Å². The van der Waals surface area contributed by atoms with E-state index in [1.165, 1.54) is 11.3 Å². The number of benzene rings is 2. The number of thiazole rings is 1. The van der Waals surface area contributed by atoms with E-state index in [4.69, 9.17) is 27.9 Å². The molecule has 1 atom stereocenters. The van der Waals surface area contributed by atoms with Crippen molar-refractivity contribution < 1.29 is 9.53 Å². The van der Waals surface area contributed by atoms with Gasteiger partial charge in [-0.25, -0.2) is 9.79 Å². The topological polar surface area (TPSA) is 65.6 Å². The fourth-order valence-electron chi connectivity index (χ4n) is 4.95. The maximum absolute atomic E-state index is 13.9. The third kappa shape index (κ3) is 4.91. The summed E-state index contributed by atoms with van der Waals surface area (Å²) in [6.07, 6.45) is 1.88. The van der Waals surface area contributed by atoms with E-state index in [1.807, 2.05) is 69.3 Å². The van der Waals surface area contributed by atoms with E-state index in [0.717, 1.165) is 33.8 Å². The molecule has 5 rings (SSSR count). The zero-order valence-corrected chi connectivity index (χ0v) is 24.5. The van der Waals surface area contributed by atoms with Crippen LogP contribution in [0.4, 0.5) is 0 Å². The molecule has 0 radical (unpaired) electrons. The molecule has 2 aromatic carbocycles. The van der Waals surface area contributed by atoms with Crippen molar-refractivity contribution in [3.63, 3.8) is 0 Å². The van der Waals surface area contributed by atoms with Crippen LogP contribution in [0, 0.1) is 20.8 Å².